The molecule has 1 rings (SSSR count). The van der Waals surface area contributed by atoms with Gasteiger partial charge in [-0.05, 0) is 12.8 Å². The summed E-state index contributed by atoms with van der Waals surface area (Å²) in [5.74, 6) is 0.996. The van der Waals surface area contributed by atoms with Crippen LogP contribution in [-0.4, -0.2) is 24.9 Å². The molecule has 0 radical (unpaired) electrons. The third kappa shape index (κ3) is 3.12. The quantitative estimate of drug-likeness (QED) is 0.659. The highest BCUT2D eigenvalue weighted by Gasteiger charge is 2.29. The molecular weight excluding hydrogens is 188 g/mol. The number of rotatable bonds is 4. The van der Waals surface area contributed by atoms with Gasteiger partial charge >= 0.3 is 0 Å². The Balaban J connectivity index is 2.42. The summed E-state index contributed by atoms with van der Waals surface area (Å²) in [5, 5.41) is 0. The van der Waals surface area contributed by atoms with Crippen molar-refractivity contribution in [3.63, 3.8) is 0 Å². The Kier molecular flexibility index (Phi) is 5.07. The Bertz CT molecular complexity index is 141. The second-order valence-electron chi connectivity index (χ2n) is 3.55. The van der Waals surface area contributed by atoms with Crippen molar-refractivity contribution in [3.05, 3.63) is 0 Å². The lowest BCUT2D eigenvalue weighted by Crippen LogP contribution is -2.40. The van der Waals surface area contributed by atoms with Gasteiger partial charge in [0.15, 0.2) is 6.29 Å². The Morgan fingerprint density at radius 2 is 2.15 bits per heavy atom. The van der Waals surface area contributed by atoms with E-state index in [1.807, 2.05) is 0 Å². The van der Waals surface area contributed by atoms with Gasteiger partial charge in [0.2, 0.25) is 0 Å². The maximum Gasteiger partial charge on any atom is 0.171 e. The predicted molar refractivity (Wildman–Crippen MR) is 54.0 cm³/mol. The standard InChI is InChI=1S/C10H19ClO2/c1-3-5-9-8(4-2)7-12-10(6-11)13-9/h8-10H,3-7H2,1-2H3/t8-,9-,10-/m0/s1. The van der Waals surface area contributed by atoms with Gasteiger partial charge in [-0.3, -0.25) is 0 Å². The van der Waals surface area contributed by atoms with Crippen LogP contribution in [0.5, 0.6) is 0 Å². The molecule has 13 heavy (non-hydrogen) atoms. The molecule has 0 bridgehead atoms. The maximum atomic E-state index is 5.73. The zero-order chi connectivity index (χ0) is 9.68. The van der Waals surface area contributed by atoms with Crippen molar-refractivity contribution in [1.29, 1.82) is 0 Å². The number of ether oxygens (including phenoxy) is 2. The molecule has 2 nitrogen and oxygen atoms in total. The topological polar surface area (TPSA) is 18.5 Å². The van der Waals surface area contributed by atoms with Crippen molar-refractivity contribution in [2.45, 2.75) is 45.5 Å². The van der Waals surface area contributed by atoms with Gasteiger partial charge in [0.05, 0.1) is 18.6 Å². The Morgan fingerprint density at radius 3 is 2.69 bits per heavy atom. The second kappa shape index (κ2) is 5.84. The largest absolute Gasteiger partial charge is 0.351 e. The highest BCUT2D eigenvalue weighted by atomic mass is 35.5. The Hall–Kier alpha value is 0.210. The lowest BCUT2D eigenvalue weighted by atomic mass is 9.96. The summed E-state index contributed by atoms with van der Waals surface area (Å²) < 4.78 is 11.2. The Labute approximate surface area is 85.5 Å². The third-order valence-electron chi connectivity index (χ3n) is 2.57. The van der Waals surface area contributed by atoms with Gasteiger partial charge < -0.3 is 9.47 Å². The molecule has 1 aliphatic rings. The van der Waals surface area contributed by atoms with Crippen molar-refractivity contribution >= 4 is 11.6 Å². The van der Waals surface area contributed by atoms with E-state index in [2.05, 4.69) is 13.8 Å². The van der Waals surface area contributed by atoms with Crippen LogP contribution in [0.15, 0.2) is 0 Å². The predicted octanol–water partition coefficient (Wildman–Crippen LogP) is 2.79. The van der Waals surface area contributed by atoms with Gasteiger partial charge in [0, 0.05) is 5.92 Å². The molecule has 0 N–H and O–H groups in total. The molecule has 1 fully saturated rings. The Morgan fingerprint density at radius 1 is 1.38 bits per heavy atom. The van der Waals surface area contributed by atoms with Gasteiger partial charge in [-0.2, -0.15) is 0 Å². The van der Waals surface area contributed by atoms with Crippen LogP contribution < -0.4 is 0 Å². The van der Waals surface area contributed by atoms with Gasteiger partial charge in [0.1, 0.15) is 0 Å². The van der Waals surface area contributed by atoms with Gasteiger partial charge in [0.25, 0.3) is 0 Å². The number of hydrogen-bond donors (Lipinski definition) is 0. The first-order valence-electron chi connectivity index (χ1n) is 5.14. The first kappa shape index (κ1) is 11.3. The van der Waals surface area contributed by atoms with Gasteiger partial charge in [-0.1, -0.05) is 20.3 Å². The van der Waals surface area contributed by atoms with Crippen molar-refractivity contribution < 1.29 is 9.47 Å². The molecular formula is C10H19ClO2. The molecule has 0 spiro atoms. The molecule has 0 aromatic carbocycles. The van der Waals surface area contributed by atoms with E-state index in [1.165, 1.54) is 0 Å². The number of halogens is 1. The van der Waals surface area contributed by atoms with E-state index >= 15 is 0 Å². The van der Waals surface area contributed by atoms with E-state index in [9.17, 15) is 0 Å². The van der Waals surface area contributed by atoms with E-state index in [0.29, 0.717) is 17.9 Å². The van der Waals surface area contributed by atoms with Crippen molar-refractivity contribution in [1.82, 2.24) is 0 Å². The molecule has 0 amide bonds. The van der Waals surface area contributed by atoms with E-state index in [1.54, 1.807) is 0 Å². The van der Waals surface area contributed by atoms with E-state index in [4.69, 9.17) is 21.1 Å². The van der Waals surface area contributed by atoms with Gasteiger partial charge in [-0.15, -0.1) is 11.6 Å². The van der Waals surface area contributed by atoms with Crippen molar-refractivity contribution in [2.75, 3.05) is 12.5 Å². The minimum atomic E-state index is -0.180. The summed E-state index contributed by atoms with van der Waals surface area (Å²) in [7, 11) is 0. The smallest absolute Gasteiger partial charge is 0.171 e. The lowest BCUT2D eigenvalue weighted by molar-refractivity contribution is -0.227. The summed E-state index contributed by atoms with van der Waals surface area (Å²) in [5.41, 5.74) is 0. The minimum absolute atomic E-state index is 0.180. The summed E-state index contributed by atoms with van der Waals surface area (Å²) in [6.07, 6.45) is 3.58. The molecule has 0 aliphatic carbocycles. The van der Waals surface area contributed by atoms with E-state index < -0.39 is 0 Å². The molecule has 1 saturated heterocycles. The van der Waals surface area contributed by atoms with Crippen LogP contribution in [-0.2, 0) is 9.47 Å². The summed E-state index contributed by atoms with van der Waals surface area (Å²) in [6.45, 7) is 5.17. The van der Waals surface area contributed by atoms with Crippen LogP contribution >= 0.6 is 11.6 Å². The van der Waals surface area contributed by atoms with Crippen LogP contribution in [0, 0.1) is 5.92 Å². The SMILES string of the molecule is CCC[C@@H]1O[C@@H](CCl)OC[C@@H]1CC. The first-order chi connectivity index (χ1) is 6.31. The zero-order valence-corrected chi connectivity index (χ0v) is 9.22. The normalized spacial score (nSPS) is 34.8. The fraction of sp³-hybridized carbons (Fsp3) is 1.00. The molecule has 0 aromatic heterocycles. The maximum absolute atomic E-state index is 5.73. The van der Waals surface area contributed by atoms with Crippen molar-refractivity contribution in [2.24, 2.45) is 5.92 Å². The zero-order valence-electron chi connectivity index (χ0n) is 8.46. The highest BCUT2D eigenvalue weighted by molar-refractivity contribution is 6.18. The highest BCUT2D eigenvalue weighted by Crippen LogP contribution is 2.25. The van der Waals surface area contributed by atoms with Gasteiger partial charge in [-0.25, -0.2) is 0 Å². The summed E-state index contributed by atoms with van der Waals surface area (Å²) >= 11 is 5.69. The monoisotopic (exact) mass is 206 g/mol. The molecule has 3 heteroatoms. The fourth-order valence-corrected chi connectivity index (χ4v) is 1.90. The summed E-state index contributed by atoms with van der Waals surface area (Å²) in [6, 6.07) is 0. The van der Waals surface area contributed by atoms with E-state index in [-0.39, 0.29) is 6.29 Å². The average molecular weight is 207 g/mol. The molecule has 0 aromatic rings. The van der Waals surface area contributed by atoms with Crippen LogP contribution in [0.1, 0.15) is 33.1 Å². The van der Waals surface area contributed by atoms with Crippen LogP contribution in [0.2, 0.25) is 0 Å². The minimum Gasteiger partial charge on any atom is -0.351 e. The third-order valence-corrected chi connectivity index (χ3v) is 2.82. The molecule has 1 aliphatic heterocycles. The first-order valence-corrected chi connectivity index (χ1v) is 5.68. The molecule has 1 heterocycles. The number of alkyl halides is 1. The van der Waals surface area contributed by atoms with E-state index in [0.717, 1.165) is 25.9 Å². The molecule has 0 unspecified atom stereocenters. The molecule has 0 saturated carbocycles. The lowest BCUT2D eigenvalue weighted by Gasteiger charge is -2.35. The van der Waals surface area contributed by atoms with Crippen LogP contribution in [0.3, 0.4) is 0 Å². The van der Waals surface area contributed by atoms with Crippen molar-refractivity contribution in [3.8, 4) is 0 Å². The average Bonchev–Trinajstić information content (AvgIpc) is 2.18. The number of hydrogen-bond acceptors (Lipinski definition) is 2. The molecule has 78 valence electrons. The molecule has 3 atom stereocenters. The van der Waals surface area contributed by atoms with Crippen LogP contribution in [0.4, 0.5) is 0 Å². The summed E-state index contributed by atoms with van der Waals surface area (Å²) in [4.78, 5) is 0. The second-order valence-corrected chi connectivity index (χ2v) is 3.86. The fourth-order valence-electron chi connectivity index (χ4n) is 1.73. The van der Waals surface area contributed by atoms with Crippen LogP contribution in [0.25, 0.3) is 0 Å².